The number of hydrogen-bond acceptors (Lipinski definition) is 2. The van der Waals surface area contributed by atoms with Crippen molar-refractivity contribution >= 4 is 0 Å². The molecule has 0 aliphatic heterocycles. The number of benzene rings is 1. The maximum atomic E-state index is 13.2. The van der Waals surface area contributed by atoms with E-state index in [-0.39, 0.29) is 11.3 Å². The lowest BCUT2D eigenvalue weighted by Gasteiger charge is -2.21. The number of alkyl halides is 3. The van der Waals surface area contributed by atoms with Gasteiger partial charge < -0.3 is 10.1 Å². The topological polar surface area (TPSA) is 21.3 Å². The van der Waals surface area contributed by atoms with Gasteiger partial charge in [0, 0.05) is 17.6 Å². The van der Waals surface area contributed by atoms with Crippen molar-refractivity contribution in [3.8, 4) is 5.75 Å². The molecule has 0 heterocycles. The number of rotatable bonds is 5. The van der Waals surface area contributed by atoms with Crippen LogP contribution in [0.3, 0.4) is 0 Å². The van der Waals surface area contributed by atoms with Gasteiger partial charge >= 0.3 is 6.18 Å². The summed E-state index contributed by atoms with van der Waals surface area (Å²) in [6.07, 6.45) is -5.29. The highest BCUT2D eigenvalue weighted by molar-refractivity contribution is 5.34. The minimum Gasteiger partial charge on any atom is -0.493 e. The minimum absolute atomic E-state index is 0.185. The zero-order valence-electron chi connectivity index (χ0n) is 11.8. The predicted molar refractivity (Wildman–Crippen MR) is 69.2 cm³/mol. The zero-order chi connectivity index (χ0) is 15.4. The van der Waals surface area contributed by atoms with Crippen molar-refractivity contribution in [3.05, 3.63) is 29.6 Å². The van der Waals surface area contributed by atoms with Crippen LogP contribution in [0.2, 0.25) is 0 Å². The summed E-state index contributed by atoms with van der Waals surface area (Å²) in [7, 11) is 0. The Hall–Kier alpha value is -1.30. The van der Waals surface area contributed by atoms with Crippen LogP contribution >= 0.6 is 0 Å². The fourth-order valence-electron chi connectivity index (χ4n) is 1.46. The van der Waals surface area contributed by atoms with Crippen LogP contribution < -0.4 is 10.1 Å². The van der Waals surface area contributed by atoms with Crippen molar-refractivity contribution in [1.29, 1.82) is 0 Å². The Kier molecular flexibility index (Phi) is 5.39. The summed E-state index contributed by atoms with van der Waals surface area (Å²) in [5, 5.41) is 3.14. The van der Waals surface area contributed by atoms with E-state index >= 15 is 0 Å². The molecule has 20 heavy (non-hydrogen) atoms. The van der Waals surface area contributed by atoms with Crippen LogP contribution in [-0.2, 0) is 6.54 Å². The first kappa shape index (κ1) is 16.8. The summed E-state index contributed by atoms with van der Waals surface area (Å²) in [6.45, 7) is 5.67. The van der Waals surface area contributed by atoms with Crippen molar-refractivity contribution in [1.82, 2.24) is 5.32 Å². The molecule has 0 bridgehead atoms. The van der Waals surface area contributed by atoms with Gasteiger partial charge in [0.2, 0.25) is 0 Å². The van der Waals surface area contributed by atoms with Gasteiger partial charge in [-0.25, -0.2) is 4.39 Å². The number of halogens is 4. The summed E-state index contributed by atoms with van der Waals surface area (Å²) < 4.78 is 54.5. The molecule has 0 spiro atoms. The second kappa shape index (κ2) is 6.43. The number of hydrogen-bond donors (Lipinski definition) is 1. The van der Waals surface area contributed by atoms with E-state index in [1.165, 1.54) is 18.2 Å². The van der Waals surface area contributed by atoms with E-state index < -0.39 is 25.0 Å². The maximum Gasteiger partial charge on any atom is 0.392 e. The standard InChI is InChI=1S/C14H19F4NO/c1-13(2,3)19-9-10-8-11(15)4-5-12(10)20-7-6-14(16,17)18/h4-5,8,19H,6-7,9H2,1-3H3. The molecule has 6 heteroatoms. The zero-order valence-corrected chi connectivity index (χ0v) is 11.8. The van der Waals surface area contributed by atoms with Gasteiger partial charge in [-0.3, -0.25) is 0 Å². The van der Waals surface area contributed by atoms with Crippen LogP contribution in [0.1, 0.15) is 32.8 Å². The minimum atomic E-state index is -4.26. The fraction of sp³-hybridized carbons (Fsp3) is 0.571. The molecule has 0 radical (unpaired) electrons. The molecule has 0 atom stereocenters. The maximum absolute atomic E-state index is 13.2. The van der Waals surface area contributed by atoms with Gasteiger partial charge in [0.25, 0.3) is 0 Å². The SMILES string of the molecule is CC(C)(C)NCc1cc(F)ccc1OCCC(F)(F)F. The fourth-order valence-corrected chi connectivity index (χ4v) is 1.46. The molecule has 0 unspecified atom stereocenters. The quantitative estimate of drug-likeness (QED) is 0.827. The molecule has 1 aromatic carbocycles. The Morgan fingerprint density at radius 2 is 1.80 bits per heavy atom. The van der Waals surface area contributed by atoms with E-state index in [2.05, 4.69) is 5.32 Å². The smallest absolute Gasteiger partial charge is 0.392 e. The van der Waals surface area contributed by atoms with Gasteiger partial charge in [-0.1, -0.05) is 0 Å². The normalized spacial score (nSPS) is 12.6. The summed E-state index contributed by atoms with van der Waals surface area (Å²) >= 11 is 0. The molecule has 1 rings (SSSR count). The highest BCUT2D eigenvalue weighted by atomic mass is 19.4. The van der Waals surface area contributed by atoms with Crippen molar-refractivity contribution < 1.29 is 22.3 Å². The van der Waals surface area contributed by atoms with E-state index in [9.17, 15) is 17.6 Å². The second-order valence-corrected chi connectivity index (χ2v) is 5.57. The lowest BCUT2D eigenvalue weighted by Crippen LogP contribution is -2.35. The number of nitrogens with one attached hydrogen (secondary N) is 1. The van der Waals surface area contributed by atoms with E-state index in [1.807, 2.05) is 20.8 Å². The van der Waals surface area contributed by atoms with Crippen LogP contribution in [-0.4, -0.2) is 18.3 Å². The summed E-state index contributed by atoms with van der Waals surface area (Å²) in [5.74, 6) is -0.175. The largest absolute Gasteiger partial charge is 0.493 e. The summed E-state index contributed by atoms with van der Waals surface area (Å²) in [6, 6.07) is 3.79. The highest BCUT2D eigenvalue weighted by Gasteiger charge is 2.27. The van der Waals surface area contributed by atoms with Crippen molar-refractivity contribution in [2.45, 2.75) is 45.5 Å². The first-order chi connectivity index (χ1) is 9.07. The van der Waals surface area contributed by atoms with Crippen molar-refractivity contribution in [2.75, 3.05) is 6.61 Å². The van der Waals surface area contributed by atoms with E-state index in [4.69, 9.17) is 4.74 Å². The molecular weight excluding hydrogens is 274 g/mol. The monoisotopic (exact) mass is 293 g/mol. The molecule has 0 saturated carbocycles. The van der Waals surface area contributed by atoms with Gasteiger partial charge in [-0.05, 0) is 39.0 Å². The first-order valence-electron chi connectivity index (χ1n) is 6.30. The molecule has 1 aromatic rings. The lowest BCUT2D eigenvalue weighted by molar-refractivity contribution is -0.139. The van der Waals surface area contributed by atoms with Gasteiger partial charge in [-0.15, -0.1) is 0 Å². The second-order valence-electron chi connectivity index (χ2n) is 5.57. The average Bonchev–Trinajstić information content (AvgIpc) is 2.26. The first-order valence-corrected chi connectivity index (χ1v) is 6.30. The van der Waals surface area contributed by atoms with Crippen LogP contribution in [0.4, 0.5) is 17.6 Å². The van der Waals surface area contributed by atoms with Crippen LogP contribution in [0.5, 0.6) is 5.75 Å². The Bertz CT molecular complexity index is 438. The molecule has 114 valence electrons. The Morgan fingerprint density at radius 1 is 1.15 bits per heavy atom. The van der Waals surface area contributed by atoms with E-state index in [0.29, 0.717) is 12.1 Å². The third-order valence-electron chi connectivity index (χ3n) is 2.47. The van der Waals surface area contributed by atoms with Gasteiger partial charge in [0.1, 0.15) is 11.6 Å². The van der Waals surface area contributed by atoms with Gasteiger partial charge in [0.15, 0.2) is 0 Å². The van der Waals surface area contributed by atoms with Crippen LogP contribution in [0.15, 0.2) is 18.2 Å². The predicted octanol–water partition coefficient (Wildman–Crippen LogP) is 4.05. The lowest BCUT2D eigenvalue weighted by atomic mass is 10.1. The summed E-state index contributed by atoms with van der Waals surface area (Å²) in [5.41, 5.74) is 0.317. The Morgan fingerprint density at radius 3 is 2.35 bits per heavy atom. The molecular formula is C14H19F4NO. The molecule has 0 aromatic heterocycles. The molecule has 2 nitrogen and oxygen atoms in total. The van der Waals surface area contributed by atoms with E-state index in [1.54, 1.807) is 0 Å². The van der Waals surface area contributed by atoms with E-state index in [0.717, 1.165) is 0 Å². The molecule has 1 N–H and O–H groups in total. The average molecular weight is 293 g/mol. The molecule has 0 aliphatic rings. The molecule has 0 aliphatic carbocycles. The number of ether oxygens (including phenoxy) is 1. The molecule has 0 saturated heterocycles. The van der Waals surface area contributed by atoms with Crippen molar-refractivity contribution in [2.24, 2.45) is 0 Å². The van der Waals surface area contributed by atoms with Crippen molar-refractivity contribution in [3.63, 3.8) is 0 Å². The van der Waals surface area contributed by atoms with Gasteiger partial charge in [0.05, 0.1) is 13.0 Å². The molecule has 0 fully saturated rings. The third-order valence-corrected chi connectivity index (χ3v) is 2.47. The third kappa shape index (κ3) is 6.75. The van der Waals surface area contributed by atoms with Crippen LogP contribution in [0, 0.1) is 5.82 Å². The van der Waals surface area contributed by atoms with Gasteiger partial charge in [-0.2, -0.15) is 13.2 Å². The Balaban J connectivity index is 2.70. The highest BCUT2D eigenvalue weighted by Crippen LogP contribution is 2.23. The Labute approximate surface area is 116 Å². The van der Waals surface area contributed by atoms with Crippen LogP contribution in [0.25, 0.3) is 0 Å². The molecule has 0 amide bonds. The summed E-state index contributed by atoms with van der Waals surface area (Å²) in [4.78, 5) is 0.